The summed E-state index contributed by atoms with van der Waals surface area (Å²) in [5.41, 5.74) is 2.49. The number of halogens is 1. The molecule has 2 rings (SSSR count). The van der Waals surface area contributed by atoms with Gasteiger partial charge in [-0.25, -0.2) is 0 Å². The summed E-state index contributed by atoms with van der Waals surface area (Å²) in [6.07, 6.45) is 5.19. The minimum atomic E-state index is 0.383. The molecule has 0 unspecified atom stereocenters. The highest BCUT2D eigenvalue weighted by molar-refractivity contribution is 6.30. The Hall–Kier alpha value is -0.540. The standard InChI is InChI=1S/C14H23ClN2O/c1-10-12(13(15)17(4)16-10)9-18-11-5-7-14(2,3)8-6-11/h11H,5-9H2,1-4H3. The van der Waals surface area contributed by atoms with E-state index in [-0.39, 0.29) is 0 Å². The molecule has 1 heterocycles. The normalized spacial score (nSPS) is 20.3. The fraction of sp³-hybridized carbons (Fsp3) is 0.786. The maximum absolute atomic E-state index is 6.20. The summed E-state index contributed by atoms with van der Waals surface area (Å²) in [6.45, 7) is 7.24. The second-order valence-electron chi connectivity index (χ2n) is 6.15. The summed E-state index contributed by atoms with van der Waals surface area (Å²) >= 11 is 6.20. The van der Waals surface area contributed by atoms with Gasteiger partial charge < -0.3 is 4.74 Å². The van der Waals surface area contributed by atoms with E-state index in [9.17, 15) is 0 Å². The molecule has 0 aromatic carbocycles. The summed E-state index contributed by atoms with van der Waals surface area (Å²) in [4.78, 5) is 0. The Morgan fingerprint density at radius 2 is 2.00 bits per heavy atom. The van der Waals surface area contributed by atoms with Crippen molar-refractivity contribution in [2.75, 3.05) is 0 Å². The molecule has 18 heavy (non-hydrogen) atoms. The van der Waals surface area contributed by atoms with Crippen LogP contribution in [0.5, 0.6) is 0 Å². The second kappa shape index (κ2) is 5.22. The number of ether oxygens (including phenoxy) is 1. The third kappa shape index (κ3) is 3.07. The molecule has 1 fully saturated rings. The van der Waals surface area contributed by atoms with Crippen molar-refractivity contribution in [3.05, 3.63) is 16.4 Å². The van der Waals surface area contributed by atoms with Crippen molar-refractivity contribution in [1.82, 2.24) is 9.78 Å². The molecule has 1 aromatic rings. The van der Waals surface area contributed by atoms with Crippen LogP contribution in [0.2, 0.25) is 5.15 Å². The van der Waals surface area contributed by atoms with Gasteiger partial charge >= 0.3 is 0 Å². The first-order chi connectivity index (χ1) is 8.39. The predicted molar refractivity (Wildman–Crippen MR) is 73.8 cm³/mol. The smallest absolute Gasteiger partial charge is 0.132 e. The summed E-state index contributed by atoms with van der Waals surface area (Å²) in [7, 11) is 1.86. The zero-order chi connectivity index (χ0) is 13.3. The molecule has 1 aromatic heterocycles. The van der Waals surface area contributed by atoms with E-state index in [0.717, 1.165) is 24.1 Å². The van der Waals surface area contributed by atoms with Crippen LogP contribution in [0.1, 0.15) is 50.8 Å². The van der Waals surface area contributed by atoms with E-state index >= 15 is 0 Å². The molecular weight excluding hydrogens is 248 g/mol. The first-order valence-electron chi connectivity index (χ1n) is 6.68. The molecule has 0 amide bonds. The highest BCUT2D eigenvalue weighted by atomic mass is 35.5. The van der Waals surface area contributed by atoms with E-state index in [2.05, 4.69) is 18.9 Å². The van der Waals surface area contributed by atoms with Gasteiger partial charge in [-0.2, -0.15) is 5.10 Å². The fourth-order valence-electron chi connectivity index (χ4n) is 2.58. The molecule has 4 heteroatoms. The molecule has 1 aliphatic carbocycles. The Kier molecular flexibility index (Phi) is 4.02. The number of hydrogen-bond acceptors (Lipinski definition) is 2. The van der Waals surface area contributed by atoms with Crippen LogP contribution in [0.4, 0.5) is 0 Å². The third-order valence-corrected chi connectivity index (χ3v) is 4.49. The summed E-state index contributed by atoms with van der Waals surface area (Å²) < 4.78 is 7.71. The van der Waals surface area contributed by atoms with E-state index in [4.69, 9.17) is 16.3 Å². The van der Waals surface area contributed by atoms with E-state index in [1.54, 1.807) is 4.68 Å². The molecule has 0 bridgehead atoms. The van der Waals surface area contributed by atoms with E-state index < -0.39 is 0 Å². The van der Waals surface area contributed by atoms with Gasteiger partial charge in [0.2, 0.25) is 0 Å². The first-order valence-corrected chi connectivity index (χ1v) is 7.06. The molecule has 1 aliphatic rings. The van der Waals surface area contributed by atoms with Gasteiger partial charge in [-0.05, 0) is 38.0 Å². The Bertz CT molecular complexity index is 416. The lowest BCUT2D eigenvalue weighted by Crippen LogP contribution is -2.26. The highest BCUT2D eigenvalue weighted by Gasteiger charge is 2.27. The van der Waals surface area contributed by atoms with Crippen molar-refractivity contribution >= 4 is 11.6 Å². The quantitative estimate of drug-likeness (QED) is 0.834. The van der Waals surface area contributed by atoms with E-state index in [0.29, 0.717) is 23.3 Å². The summed E-state index contributed by atoms with van der Waals surface area (Å²) in [6, 6.07) is 0. The van der Waals surface area contributed by atoms with Gasteiger partial charge in [0.25, 0.3) is 0 Å². The predicted octanol–water partition coefficient (Wildman–Crippen LogP) is 3.87. The van der Waals surface area contributed by atoms with Crippen molar-refractivity contribution in [2.24, 2.45) is 12.5 Å². The molecule has 3 nitrogen and oxygen atoms in total. The van der Waals surface area contributed by atoms with Crippen molar-refractivity contribution in [2.45, 2.75) is 59.2 Å². The van der Waals surface area contributed by atoms with Gasteiger partial charge in [0.15, 0.2) is 0 Å². The molecule has 0 aliphatic heterocycles. The number of rotatable bonds is 3. The minimum absolute atomic E-state index is 0.383. The lowest BCUT2D eigenvalue weighted by molar-refractivity contribution is -0.00575. The summed E-state index contributed by atoms with van der Waals surface area (Å²) in [5, 5.41) is 5.00. The van der Waals surface area contributed by atoms with Gasteiger partial charge in [-0.3, -0.25) is 4.68 Å². The Balaban J connectivity index is 1.89. The van der Waals surface area contributed by atoms with Crippen molar-refractivity contribution < 1.29 is 4.74 Å². The molecule has 0 atom stereocenters. The van der Waals surface area contributed by atoms with Gasteiger partial charge in [0, 0.05) is 12.6 Å². The van der Waals surface area contributed by atoms with Crippen molar-refractivity contribution in [3.63, 3.8) is 0 Å². The van der Waals surface area contributed by atoms with Crippen LogP contribution in [0.25, 0.3) is 0 Å². The molecule has 1 saturated carbocycles. The molecular formula is C14H23ClN2O. The lowest BCUT2D eigenvalue weighted by atomic mass is 9.76. The Labute approximate surface area is 114 Å². The number of aryl methyl sites for hydroxylation is 2. The lowest BCUT2D eigenvalue weighted by Gasteiger charge is -2.34. The van der Waals surface area contributed by atoms with Gasteiger partial charge in [-0.1, -0.05) is 25.4 Å². The molecule has 0 radical (unpaired) electrons. The molecule has 102 valence electrons. The monoisotopic (exact) mass is 270 g/mol. The third-order valence-electron chi connectivity index (χ3n) is 4.02. The van der Waals surface area contributed by atoms with Crippen LogP contribution >= 0.6 is 11.6 Å². The second-order valence-corrected chi connectivity index (χ2v) is 6.51. The number of hydrogen-bond donors (Lipinski definition) is 0. The van der Waals surface area contributed by atoms with Crippen LogP contribution < -0.4 is 0 Å². The maximum atomic E-state index is 6.20. The average Bonchev–Trinajstić information content (AvgIpc) is 2.53. The molecule has 0 N–H and O–H groups in total. The van der Waals surface area contributed by atoms with Gasteiger partial charge in [0.05, 0.1) is 18.4 Å². The van der Waals surface area contributed by atoms with Crippen molar-refractivity contribution in [1.29, 1.82) is 0 Å². The molecule has 0 spiro atoms. The van der Waals surface area contributed by atoms with E-state index in [1.165, 1.54) is 12.8 Å². The zero-order valence-electron chi connectivity index (χ0n) is 11.8. The van der Waals surface area contributed by atoms with Crippen LogP contribution in [-0.2, 0) is 18.4 Å². The maximum Gasteiger partial charge on any atom is 0.132 e. The number of aromatic nitrogens is 2. The Morgan fingerprint density at radius 1 is 1.39 bits per heavy atom. The van der Waals surface area contributed by atoms with Gasteiger partial charge in [-0.15, -0.1) is 0 Å². The van der Waals surface area contributed by atoms with Crippen molar-refractivity contribution in [3.8, 4) is 0 Å². The van der Waals surface area contributed by atoms with Crippen LogP contribution in [0.3, 0.4) is 0 Å². The zero-order valence-corrected chi connectivity index (χ0v) is 12.5. The van der Waals surface area contributed by atoms with Crippen LogP contribution in [0, 0.1) is 12.3 Å². The SMILES string of the molecule is Cc1nn(C)c(Cl)c1COC1CCC(C)(C)CC1. The van der Waals surface area contributed by atoms with Gasteiger partial charge in [0.1, 0.15) is 5.15 Å². The van der Waals surface area contributed by atoms with Crippen LogP contribution in [-0.4, -0.2) is 15.9 Å². The average molecular weight is 271 g/mol. The summed E-state index contributed by atoms with van der Waals surface area (Å²) in [5.74, 6) is 0. The number of nitrogens with zero attached hydrogens (tertiary/aromatic N) is 2. The Morgan fingerprint density at radius 3 is 2.50 bits per heavy atom. The fourth-order valence-corrected chi connectivity index (χ4v) is 2.81. The minimum Gasteiger partial charge on any atom is -0.373 e. The topological polar surface area (TPSA) is 27.1 Å². The first kappa shape index (κ1) is 13.9. The largest absolute Gasteiger partial charge is 0.373 e. The van der Waals surface area contributed by atoms with Crippen LogP contribution in [0.15, 0.2) is 0 Å². The highest BCUT2D eigenvalue weighted by Crippen LogP contribution is 2.36. The molecule has 0 saturated heterocycles. The van der Waals surface area contributed by atoms with E-state index in [1.807, 2.05) is 14.0 Å².